The molecule has 0 unspecified atom stereocenters. The molecular formula is C28H31N7O3. The van der Waals surface area contributed by atoms with Gasteiger partial charge in [-0.15, -0.1) is 0 Å². The van der Waals surface area contributed by atoms with Crippen molar-refractivity contribution < 1.29 is 14.3 Å². The number of benzene rings is 1. The lowest BCUT2D eigenvalue weighted by Crippen LogP contribution is -2.43. The Hall–Kier alpha value is -4.18. The van der Waals surface area contributed by atoms with Crippen LogP contribution in [-0.4, -0.2) is 75.2 Å². The molecule has 10 heteroatoms. The molecule has 0 saturated carbocycles. The second kappa shape index (κ2) is 10.3. The average molecular weight is 514 g/mol. The van der Waals surface area contributed by atoms with E-state index in [1.165, 1.54) is 0 Å². The first-order chi connectivity index (χ1) is 18.5. The number of hydrogen-bond acceptors (Lipinski definition) is 7. The number of hydrogen-bond donors (Lipinski definition) is 2. The first kappa shape index (κ1) is 24.2. The number of rotatable bonds is 2. The van der Waals surface area contributed by atoms with E-state index in [9.17, 15) is 4.79 Å². The van der Waals surface area contributed by atoms with Gasteiger partial charge in [-0.05, 0) is 69.4 Å². The van der Waals surface area contributed by atoms with Crippen LogP contribution in [0.3, 0.4) is 0 Å². The van der Waals surface area contributed by atoms with Crippen molar-refractivity contribution in [1.29, 1.82) is 0 Å². The molecule has 0 atom stereocenters. The average Bonchev–Trinajstić information content (AvgIpc) is 3.50. The van der Waals surface area contributed by atoms with E-state index in [1.807, 2.05) is 43.5 Å². The summed E-state index contributed by atoms with van der Waals surface area (Å²) < 4.78 is 13.9. The van der Waals surface area contributed by atoms with Crippen molar-refractivity contribution in [2.75, 3.05) is 33.4 Å². The van der Waals surface area contributed by atoms with Gasteiger partial charge in [-0.1, -0.05) is 0 Å². The smallest absolute Gasteiger partial charge is 0.251 e. The number of aromatic amines is 1. The summed E-state index contributed by atoms with van der Waals surface area (Å²) in [6, 6.07) is 7.76. The monoisotopic (exact) mass is 513 g/mol. The number of ether oxygens (including phenoxy) is 2. The van der Waals surface area contributed by atoms with Crippen LogP contribution in [0, 0.1) is 0 Å². The van der Waals surface area contributed by atoms with E-state index in [2.05, 4.69) is 37.5 Å². The standard InChI is InChI=1S/C28H31N7O3/c1-34-10-8-20(9-11-34)31-27(36)19-5-7-26-18(14-19)4-6-23-21-15-24(29-17-25(21)33-32-23)22-16-30-35(2)28(22)38-13-3-12-37-26/h4-7,14-17,20H,3,8-13H2,1-2H3,(H,31,36)(H,32,33)/b6-4+. The Balaban J connectivity index is 1.33. The molecule has 4 aromatic rings. The molecule has 1 aromatic carbocycles. The highest BCUT2D eigenvalue weighted by molar-refractivity contribution is 5.96. The molecule has 5 heterocycles. The summed E-state index contributed by atoms with van der Waals surface area (Å²) >= 11 is 0. The molecule has 1 amide bonds. The van der Waals surface area contributed by atoms with Crippen molar-refractivity contribution in [3.05, 3.63) is 53.5 Å². The van der Waals surface area contributed by atoms with Crippen LogP contribution in [0.4, 0.5) is 0 Å². The van der Waals surface area contributed by atoms with Gasteiger partial charge in [0.2, 0.25) is 5.88 Å². The van der Waals surface area contributed by atoms with Crippen LogP contribution in [0.1, 0.15) is 40.9 Å². The zero-order valence-corrected chi connectivity index (χ0v) is 21.6. The van der Waals surface area contributed by atoms with Gasteiger partial charge in [0.25, 0.3) is 5.91 Å². The Labute approximate surface area is 220 Å². The molecule has 0 radical (unpaired) electrons. The predicted octanol–water partition coefficient (Wildman–Crippen LogP) is 3.51. The van der Waals surface area contributed by atoms with Crippen LogP contribution in [0.2, 0.25) is 0 Å². The summed E-state index contributed by atoms with van der Waals surface area (Å²) in [5, 5.41) is 16.0. The van der Waals surface area contributed by atoms with Crippen molar-refractivity contribution in [3.63, 3.8) is 0 Å². The summed E-state index contributed by atoms with van der Waals surface area (Å²) in [4.78, 5) is 20.0. The molecule has 2 N–H and O–H groups in total. The van der Waals surface area contributed by atoms with Crippen LogP contribution in [0.5, 0.6) is 11.6 Å². The SMILES string of the molecule is CN1CCC(NC(=O)c2ccc3c(c2)/C=C/c2n[nH]c4cnc(cc24)-c2cnn(C)c2OCCCO3)CC1. The number of nitrogens with zero attached hydrogens (tertiary/aromatic N) is 5. The predicted molar refractivity (Wildman–Crippen MR) is 145 cm³/mol. The topological polar surface area (TPSA) is 110 Å². The van der Waals surface area contributed by atoms with Crippen LogP contribution >= 0.6 is 0 Å². The third-order valence-electron chi connectivity index (χ3n) is 7.17. The maximum Gasteiger partial charge on any atom is 0.251 e. The van der Waals surface area contributed by atoms with Crippen molar-refractivity contribution in [3.8, 4) is 22.9 Å². The zero-order valence-electron chi connectivity index (χ0n) is 21.6. The lowest BCUT2D eigenvalue weighted by molar-refractivity contribution is 0.0917. The Morgan fingerprint density at radius 1 is 1.08 bits per heavy atom. The van der Waals surface area contributed by atoms with Gasteiger partial charge in [0, 0.05) is 36.0 Å². The molecule has 3 aromatic heterocycles. The Kier molecular flexibility index (Phi) is 6.55. The van der Waals surface area contributed by atoms with E-state index in [4.69, 9.17) is 9.47 Å². The highest BCUT2D eigenvalue weighted by Crippen LogP contribution is 2.31. The summed E-state index contributed by atoms with van der Waals surface area (Å²) in [7, 11) is 3.96. The molecule has 2 aliphatic rings. The molecule has 2 aliphatic heterocycles. The molecule has 2 bridgehead atoms. The molecule has 196 valence electrons. The molecule has 0 spiro atoms. The van der Waals surface area contributed by atoms with Crippen LogP contribution in [0.25, 0.3) is 34.3 Å². The van der Waals surface area contributed by atoms with E-state index in [1.54, 1.807) is 17.1 Å². The molecule has 6 rings (SSSR count). The Morgan fingerprint density at radius 3 is 2.79 bits per heavy atom. The van der Waals surface area contributed by atoms with E-state index in [-0.39, 0.29) is 11.9 Å². The van der Waals surface area contributed by atoms with Crippen molar-refractivity contribution >= 4 is 29.0 Å². The highest BCUT2D eigenvalue weighted by Gasteiger charge is 2.20. The van der Waals surface area contributed by atoms with Gasteiger partial charge in [-0.25, -0.2) is 4.68 Å². The summed E-state index contributed by atoms with van der Waals surface area (Å²) in [5.74, 6) is 1.30. The van der Waals surface area contributed by atoms with Crippen LogP contribution in [-0.2, 0) is 7.05 Å². The van der Waals surface area contributed by atoms with Gasteiger partial charge in [-0.3, -0.25) is 14.9 Å². The number of aryl methyl sites for hydroxylation is 1. The van der Waals surface area contributed by atoms with E-state index >= 15 is 0 Å². The summed E-state index contributed by atoms with van der Waals surface area (Å²) in [6.45, 7) is 2.92. The molecule has 1 fully saturated rings. The minimum Gasteiger partial charge on any atom is -0.493 e. The van der Waals surface area contributed by atoms with Crippen molar-refractivity contribution in [2.24, 2.45) is 7.05 Å². The number of carbonyl (C=O) groups is 1. The number of aromatic nitrogens is 5. The minimum absolute atomic E-state index is 0.0626. The lowest BCUT2D eigenvalue weighted by atomic mass is 10.0. The fraction of sp³-hybridized carbons (Fsp3) is 0.357. The quantitative estimate of drug-likeness (QED) is 0.422. The van der Waals surface area contributed by atoms with Crippen molar-refractivity contribution in [1.82, 2.24) is 35.2 Å². The van der Waals surface area contributed by atoms with E-state index < -0.39 is 0 Å². The van der Waals surface area contributed by atoms with Gasteiger partial charge >= 0.3 is 0 Å². The first-order valence-electron chi connectivity index (χ1n) is 13.0. The minimum atomic E-state index is -0.0626. The second-order valence-corrected chi connectivity index (χ2v) is 9.90. The number of likely N-dealkylation sites (tertiary alicyclic amines) is 1. The number of amides is 1. The number of piperidine rings is 1. The van der Waals surface area contributed by atoms with Crippen LogP contribution < -0.4 is 14.8 Å². The Bertz CT molecular complexity index is 1500. The van der Waals surface area contributed by atoms with Gasteiger partial charge in [0.1, 0.15) is 5.75 Å². The highest BCUT2D eigenvalue weighted by atomic mass is 16.5. The number of pyridine rings is 1. The maximum absolute atomic E-state index is 13.1. The largest absolute Gasteiger partial charge is 0.493 e. The molecule has 1 saturated heterocycles. The lowest BCUT2D eigenvalue weighted by Gasteiger charge is -2.29. The zero-order chi connectivity index (χ0) is 26.1. The van der Waals surface area contributed by atoms with E-state index in [0.717, 1.165) is 59.3 Å². The van der Waals surface area contributed by atoms with Crippen molar-refractivity contribution in [2.45, 2.75) is 25.3 Å². The molecular weight excluding hydrogens is 482 g/mol. The Morgan fingerprint density at radius 2 is 1.92 bits per heavy atom. The van der Waals surface area contributed by atoms with Gasteiger partial charge in [0.05, 0.1) is 48.1 Å². The molecule has 38 heavy (non-hydrogen) atoms. The van der Waals surface area contributed by atoms with Gasteiger partial charge < -0.3 is 19.7 Å². The summed E-state index contributed by atoms with van der Waals surface area (Å²) in [5.41, 5.74) is 4.60. The molecule has 10 nitrogen and oxygen atoms in total. The fourth-order valence-electron chi connectivity index (χ4n) is 4.94. The third kappa shape index (κ3) is 4.87. The van der Waals surface area contributed by atoms with E-state index in [0.29, 0.717) is 36.8 Å². The van der Waals surface area contributed by atoms with Gasteiger partial charge in [-0.2, -0.15) is 10.2 Å². The normalized spacial score (nSPS) is 17.5. The van der Waals surface area contributed by atoms with Crippen LogP contribution in [0.15, 0.2) is 36.7 Å². The summed E-state index contributed by atoms with van der Waals surface area (Å²) in [6.07, 6.45) is 10.0. The first-order valence-corrected chi connectivity index (χ1v) is 13.0. The fourth-order valence-corrected chi connectivity index (χ4v) is 4.94. The molecule has 0 aliphatic carbocycles. The van der Waals surface area contributed by atoms with Gasteiger partial charge in [0.15, 0.2) is 0 Å². The number of nitrogens with one attached hydrogen (secondary N) is 2. The number of fused-ring (bicyclic) bond motifs is 4. The maximum atomic E-state index is 13.1. The third-order valence-corrected chi connectivity index (χ3v) is 7.17. The second-order valence-electron chi connectivity index (χ2n) is 9.90. The number of carbonyl (C=O) groups excluding carboxylic acids is 1. The number of H-pyrrole nitrogens is 1.